The Balaban J connectivity index is 1.74. The Labute approximate surface area is 137 Å². The van der Waals surface area contributed by atoms with Crippen molar-refractivity contribution in [1.29, 1.82) is 0 Å². The highest BCUT2D eigenvalue weighted by atomic mass is 16.6. The molecule has 1 aliphatic heterocycles. The molecule has 1 aromatic heterocycles. The van der Waals surface area contributed by atoms with E-state index in [1.54, 1.807) is 35.0 Å². The number of aromatic nitrogens is 1. The zero-order valence-electron chi connectivity index (χ0n) is 12.8. The van der Waals surface area contributed by atoms with Crippen molar-refractivity contribution < 1.29 is 9.47 Å². The largest absolute Gasteiger partial charge is 0.486 e. The van der Waals surface area contributed by atoms with E-state index in [4.69, 9.17) is 9.47 Å². The SMILES string of the molecule is O=Nc1cccc2c(=O)n(Cc3ccc4c(c3)OCCO4)ccc12. The van der Waals surface area contributed by atoms with E-state index in [9.17, 15) is 9.70 Å². The normalized spacial score (nSPS) is 13.0. The minimum atomic E-state index is -0.159. The third-order valence-corrected chi connectivity index (χ3v) is 4.05. The molecular weight excluding hydrogens is 308 g/mol. The number of benzene rings is 2. The lowest BCUT2D eigenvalue weighted by atomic mass is 10.1. The van der Waals surface area contributed by atoms with Crippen LogP contribution in [0.25, 0.3) is 10.8 Å². The van der Waals surface area contributed by atoms with Crippen LogP contribution in [0.1, 0.15) is 5.56 Å². The van der Waals surface area contributed by atoms with Crippen LogP contribution in [0, 0.1) is 4.91 Å². The lowest BCUT2D eigenvalue weighted by Gasteiger charge is -2.19. The minimum Gasteiger partial charge on any atom is -0.486 e. The Hall–Kier alpha value is -3.15. The van der Waals surface area contributed by atoms with Gasteiger partial charge in [-0.2, -0.15) is 0 Å². The van der Waals surface area contributed by atoms with Crippen LogP contribution in [0.3, 0.4) is 0 Å². The first-order valence-electron chi connectivity index (χ1n) is 7.60. The van der Waals surface area contributed by atoms with Gasteiger partial charge in [0.25, 0.3) is 5.56 Å². The van der Waals surface area contributed by atoms with Crippen LogP contribution in [0.2, 0.25) is 0 Å². The van der Waals surface area contributed by atoms with E-state index in [-0.39, 0.29) is 11.2 Å². The fourth-order valence-electron chi connectivity index (χ4n) is 2.89. The Bertz CT molecular complexity index is 994. The summed E-state index contributed by atoms with van der Waals surface area (Å²) in [7, 11) is 0. The van der Waals surface area contributed by atoms with E-state index in [1.165, 1.54) is 0 Å². The second kappa shape index (κ2) is 5.81. The molecule has 2 heterocycles. The fraction of sp³-hybridized carbons (Fsp3) is 0.167. The molecule has 0 saturated carbocycles. The maximum absolute atomic E-state index is 12.7. The highest BCUT2D eigenvalue weighted by Gasteiger charge is 2.13. The molecule has 0 unspecified atom stereocenters. The van der Waals surface area contributed by atoms with Crippen LogP contribution in [0.5, 0.6) is 11.5 Å². The van der Waals surface area contributed by atoms with E-state index < -0.39 is 0 Å². The number of pyridine rings is 1. The maximum Gasteiger partial charge on any atom is 0.258 e. The first-order chi connectivity index (χ1) is 11.8. The molecule has 0 radical (unpaired) electrons. The van der Waals surface area contributed by atoms with E-state index >= 15 is 0 Å². The monoisotopic (exact) mass is 322 g/mol. The summed E-state index contributed by atoms with van der Waals surface area (Å²) in [6.45, 7) is 1.47. The zero-order chi connectivity index (χ0) is 16.5. The van der Waals surface area contributed by atoms with Crippen LogP contribution >= 0.6 is 0 Å². The van der Waals surface area contributed by atoms with Gasteiger partial charge in [-0.1, -0.05) is 12.1 Å². The number of ether oxygens (including phenoxy) is 2. The second-order valence-electron chi connectivity index (χ2n) is 5.56. The Kier molecular flexibility index (Phi) is 3.49. The molecule has 2 aromatic carbocycles. The predicted octanol–water partition coefficient (Wildman–Crippen LogP) is 3.22. The quantitative estimate of drug-likeness (QED) is 0.694. The molecule has 0 fully saturated rings. The molecule has 0 saturated heterocycles. The summed E-state index contributed by atoms with van der Waals surface area (Å²) in [6, 6.07) is 12.3. The molecule has 0 N–H and O–H groups in total. The molecule has 0 atom stereocenters. The number of fused-ring (bicyclic) bond motifs is 2. The summed E-state index contributed by atoms with van der Waals surface area (Å²) >= 11 is 0. The first-order valence-corrected chi connectivity index (χ1v) is 7.60. The summed E-state index contributed by atoms with van der Waals surface area (Å²) in [4.78, 5) is 23.5. The maximum atomic E-state index is 12.7. The molecule has 4 rings (SSSR count). The van der Waals surface area contributed by atoms with Crippen molar-refractivity contribution in [1.82, 2.24) is 4.57 Å². The van der Waals surface area contributed by atoms with E-state index in [0.29, 0.717) is 36.3 Å². The molecule has 6 heteroatoms. The minimum absolute atomic E-state index is 0.159. The Morgan fingerprint density at radius 3 is 2.67 bits per heavy atom. The van der Waals surface area contributed by atoms with Crippen LogP contribution < -0.4 is 15.0 Å². The number of hydrogen-bond acceptors (Lipinski definition) is 5. The molecule has 0 spiro atoms. The molecule has 1 aliphatic rings. The van der Waals surface area contributed by atoms with Crippen molar-refractivity contribution >= 4 is 16.5 Å². The second-order valence-corrected chi connectivity index (χ2v) is 5.56. The van der Waals surface area contributed by atoms with Crippen molar-refractivity contribution in [3.8, 4) is 11.5 Å². The standard InChI is InChI=1S/C18H14N2O4/c21-18-14-2-1-3-15(19-22)13(14)6-7-20(18)11-12-4-5-16-17(10-12)24-9-8-23-16/h1-7,10H,8-9,11H2. The van der Waals surface area contributed by atoms with Gasteiger partial charge in [-0.15, -0.1) is 4.91 Å². The lowest BCUT2D eigenvalue weighted by molar-refractivity contribution is 0.171. The molecule has 0 aliphatic carbocycles. The number of nitrogens with zero attached hydrogens (tertiary/aromatic N) is 2. The average molecular weight is 322 g/mol. The molecule has 3 aromatic rings. The van der Waals surface area contributed by atoms with Crippen molar-refractivity contribution in [2.24, 2.45) is 5.18 Å². The lowest BCUT2D eigenvalue weighted by Crippen LogP contribution is -2.20. The van der Waals surface area contributed by atoms with E-state index in [2.05, 4.69) is 5.18 Å². The summed E-state index contributed by atoms with van der Waals surface area (Å²) < 4.78 is 12.7. The van der Waals surface area contributed by atoms with Crippen molar-refractivity contribution in [3.63, 3.8) is 0 Å². The smallest absolute Gasteiger partial charge is 0.258 e. The average Bonchev–Trinajstić information content (AvgIpc) is 2.63. The summed E-state index contributed by atoms with van der Waals surface area (Å²) in [5.74, 6) is 1.41. The number of rotatable bonds is 3. The summed E-state index contributed by atoms with van der Waals surface area (Å²) in [5, 5.41) is 4.02. The van der Waals surface area contributed by atoms with Gasteiger partial charge in [-0.3, -0.25) is 4.79 Å². The topological polar surface area (TPSA) is 69.9 Å². The van der Waals surface area contributed by atoms with Gasteiger partial charge in [-0.25, -0.2) is 0 Å². The predicted molar refractivity (Wildman–Crippen MR) is 90.2 cm³/mol. The van der Waals surface area contributed by atoms with Gasteiger partial charge in [0.2, 0.25) is 0 Å². The molecule has 0 bridgehead atoms. The molecule has 0 amide bonds. The Morgan fingerprint density at radius 1 is 1.00 bits per heavy atom. The van der Waals surface area contributed by atoms with Gasteiger partial charge in [-0.05, 0) is 41.1 Å². The van der Waals surface area contributed by atoms with Gasteiger partial charge in [0.15, 0.2) is 11.5 Å². The molecular formula is C18H14N2O4. The van der Waals surface area contributed by atoms with Crippen LogP contribution in [0.15, 0.2) is 58.6 Å². The molecule has 24 heavy (non-hydrogen) atoms. The van der Waals surface area contributed by atoms with Gasteiger partial charge < -0.3 is 14.0 Å². The zero-order valence-corrected chi connectivity index (χ0v) is 12.8. The van der Waals surface area contributed by atoms with Gasteiger partial charge >= 0.3 is 0 Å². The summed E-state index contributed by atoms with van der Waals surface area (Å²) in [6.07, 6.45) is 1.68. The van der Waals surface area contributed by atoms with Gasteiger partial charge in [0.1, 0.15) is 18.9 Å². The number of nitroso groups, excluding NO2 is 1. The van der Waals surface area contributed by atoms with Crippen molar-refractivity contribution in [2.75, 3.05) is 13.2 Å². The van der Waals surface area contributed by atoms with Crippen molar-refractivity contribution in [2.45, 2.75) is 6.54 Å². The van der Waals surface area contributed by atoms with E-state index in [0.717, 1.165) is 11.3 Å². The third-order valence-electron chi connectivity index (χ3n) is 4.05. The molecule has 120 valence electrons. The molecule has 6 nitrogen and oxygen atoms in total. The first kappa shape index (κ1) is 14.4. The highest BCUT2D eigenvalue weighted by Crippen LogP contribution is 2.31. The van der Waals surface area contributed by atoms with Crippen LogP contribution in [-0.2, 0) is 6.54 Å². The Morgan fingerprint density at radius 2 is 1.83 bits per heavy atom. The van der Waals surface area contributed by atoms with Crippen LogP contribution in [-0.4, -0.2) is 17.8 Å². The van der Waals surface area contributed by atoms with Crippen LogP contribution in [0.4, 0.5) is 5.69 Å². The van der Waals surface area contributed by atoms with E-state index in [1.807, 2.05) is 18.2 Å². The highest BCUT2D eigenvalue weighted by molar-refractivity contribution is 5.91. The van der Waals surface area contributed by atoms with Gasteiger partial charge in [0, 0.05) is 17.0 Å². The number of hydrogen-bond donors (Lipinski definition) is 0. The fourth-order valence-corrected chi connectivity index (χ4v) is 2.89. The third kappa shape index (κ3) is 2.42. The summed E-state index contributed by atoms with van der Waals surface area (Å²) in [5.41, 5.74) is 1.05. The van der Waals surface area contributed by atoms with Gasteiger partial charge in [0.05, 0.1) is 6.54 Å². The van der Waals surface area contributed by atoms with Crippen molar-refractivity contribution in [3.05, 3.63) is 69.5 Å².